The molecule has 1 aromatic heterocycles. The summed E-state index contributed by atoms with van der Waals surface area (Å²) in [6.45, 7) is 8.75. The molecular formula is C18H34IN5O2S2. The Balaban J connectivity index is 0.00000392. The van der Waals surface area contributed by atoms with Gasteiger partial charge in [-0.1, -0.05) is 19.4 Å². The van der Waals surface area contributed by atoms with Crippen molar-refractivity contribution in [1.29, 1.82) is 0 Å². The molecular weight excluding hydrogens is 509 g/mol. The summed E-state index contributed by atoms with van der Waals surface area (Å²) in [6.07, 6.45) is 5.14. The standard InChI is InChI=1S/C18H33N5O2S2.HI/c1-3-16-8-5-6-13-23(16)14-12-21-18(19-4-2)20-10-11-22-27(24,25)17-9-7-15-26-17;/h7,9,15-16,22H,3-6,8,10-14H2,1-2H3,(H2,19,20,21);1H. The first-order valence-electron chi connectivity index (χ1n) is 9.86. The molecule has 1 unspecified atom stereocenters. The highest BCUT2D eigenvalue weighted by atomic mass is 127. The molecule has 28 heavy (non-hydrogen) atoms. The van der Waals surface area contributed by atoms with Gasteiger partial charge in [0.05, 0.1) is 6.54 Å². The number of rotatable bonds is 10. The Morgan fingerprint density at radius 1 is 1.29 bits per heavy atom. The third kappa shape index (κ3) is 8.52. The van der Waals surface area contributed by atoms with Gasteiger partial charge in [0.2, 0.25) is 10.0 Å². The van der Waals surface area contributed by atoms with Crippen LogP contribution in [0.4, 0.5) is 0 Å². The van der Waals surface area contributed by atoms with Crippen molar-refractivity contribution in [3.63, 3.8) is 0 Å². The number of nitrogens with zero attached hydrogens (tertiary/aromatic N) is 2. The van der Waals surface area contributed by atoms with Gasteiger partial charge in [-0.05, 0) is 44.2 Å². The number of halogens is 1. The molecule has 2 rings (SSSR count). The minimum absolute atomic E-state index is 0. The van der Waals surface area contributed by atoms with Crippen LogP contribution < -0.4 is 15.4 Å². The SMILES string of the molecule is CCNC(=NCCNS(=O)(=O)c1cccs1)NCCN1CCCCC1CC.I. The molecule has 1 atom stereocenters. The van der Waals surface area contributed by atoms with Crippen LogP contribution in [0.1, 0.15) is 39.5 Å². The fraction of sp³-hybridized carbons (Fsp3) is 0.722. The van der Waals surface area contributed by atoms with Crippen molar-refractivity contribution in [2.45, 2.75) is 49.8 Å². The Labute approximate surface area is 190 Å². The molecule has 1 aliphatic heterocycles. The van der Waals surface area contributed by atoms with Gasteiger partial charge in [0, 0.05) is 32.2 Å². The van der Waals surface area contributed by atoms with Crippen LogP contribution in [0.15, 0.2) is 26.7 Å². The molecule has 0 saturated carbocycles. The summed E-state index contributed by atoms with van der Waals surface area (Å²) in [5.74, 6) is 0.734. The minimum atomic E-state index is -3.42. The lowest BCUT2D eigenvalue weighted by Gasteiger charge is -2.35. The zero-order valence-corrected chi connectivity index (χ0v) is 20.8. The average Bonchev–Trinajstić information content (AvgIpc) is 3.21. The molecule has 2 heterocycles. The topological polar surface area (TPSA) is 85.8 Å². The fourth-order valence-electron chi connectivity index (χ4n) is 3.31. The second-order valence-electron chi connectivity index (χ2n) is 6.61. The third-order valence-electron chi connectivity index (χ3n) is 4.69. The summed E-state index contributed by atoms with van der Waals surface area (Å²) in [5.41, 5.74) is 0. The summed E-state index contributed by atoms with van der Waals surface area (Å²) in [6, 6.07) is 4.04. The van der Waals surface area contributed by atoms with Gasteiger partial charge < -0.3 is 10.6 Å². The van der Waals surface area contributed by atoms with Crippen molar-refractivity contribution >= 4 is 51.3 Å². The van der Waals surface area contributed by atoms with E-state index in [4.69, 9.17) is 0 Å². The predicted molar refractivity (Wildman–Crippen MR) is 128 cm³/mol. The van der Waals surface area contributed by atoms with E-state index >= 15 is 0 Å². The van der Waals surface area contributed by atoms with E-state index in [9.17, 15) is 8.42 Å². The van der Waals surface area contributed by atoms with Crippen LogP contribution in [0.25, 0.3) is 0 Å². The first-order chi connectivity index (χ1) is 13.1. The molecule has 1 saturated heterocycles. The predicted octanol–water partition coefficient (Wildman–Crippen LogP) is 2.46. The van der Waals surface area contributed by atoms with E-state index in [1.54, 1.807) is 17.5 Å². The molecule has 1 fully saturated rings. The van der Waals surface area contributed by atoms with Gasteiger partial charge in [0.1, 0.15) is 4.21 Å². The van der Waals surface area contributed by atoms with Gasteiger partial charge in [-0.25, -0.2) is 13.1 Å². The number of likely N-dealkylation sites (tertiary alicyclic amines) is 1. The maximum Gasteiger partial charge on any atom is 0.250 e. The molecule has 1 aliphatic rings. The van der Waals surface area contributed by atoms with Crippen LogP contribution in [0.2, 0.25) is 0 Å². The fourth-order valence-corrected chi connectivity index (χ4v) is 5.37. The van der Waals surface area contributed by atoms with Gasteiger partial charge in [-0.15, -0.1) is 35.3 Å². The van der Waals surface area contributed by atoms with Crippen molar-refractivity contribution in [3.05, 3.63) is 17.5 Å². The molecule has 7 nitrogen and oxygen atoms in total. The van der Waals surface area contributed by atoms with Crippen LogP contribution >= 0.6 is 35.3 Å². The molecule has 162 valence electrons. The van der Waals surface area contributed by atoms with Gasteiger partial charge in [-0.3, -0.25) is 9.89 Å². The second kappa shape index (κ2) is 13.7. The number of piperidine rings is 1. The Bertz CT molecular complexity index is 668. The average molecular weight is 544 g/mol. The number of aliphatic imine (C=N–C) groups is 1. The molecule has 0 spiro atoms. The van der Waals surface area contributed by atoms with E-state index in [-0.39, 0.29) is 30.5 Å². The molecule has 0 aromatic carbocycles. The van der Waals surface area contributed by atoms with E-state index in [1.165, 1.54) is 43.6 Å². The number of sulfonamides is 1. The van der Waals surface area contributed by atoms with Crippen molar-refractivity contribution < 1.29 is 8.42 Å². The van der Waals surface area contributed by atoms with E-state index in [0.717, 1.165) is 25.6 Å². The van der Waals surface area contributed by atoms with Crippen LogP contribution in [0.3, 0.4) is 0 Å². The molecule has 0 aliphatic carbocycles. The molecule has 1 aromatic rings. The molecule has 0 bridgehead atoms. The van der Waals surface area contributed by atoms with E-state index in [1.807, 2.05) is 6.92 Å². The van der Waals surface area contributed by atoms with E-state index < -0.39 is 10.0 Å². The highest BCUT2D eigenvalue weighted by Gasteiger charge is 2.20. The normalized spacial score (nSPS) is 18.5. The van der Waals surface area contributed by atoms with E-state index in [2.05, 4.69) is 32.2 Å². The monoisotopic (exact) mass is 543 g/mol. The molecule has 10 heteroatoms. The van der Waals surface area contributed by atoms with Gasteiger partial charge in [0.15, 0.2) is 5.96 Å². The van der Waals surface area contributed by atoms with E-state index in [0.29, 0.717) is 16.8 Å². The minimum Gasteiger partial charge on any atom is -0.357 e. The molecule has 3 N–H and O–H groups in total. The zero-order chi connectivity index (χ0) is 19.5. The summed E-state index contributed by atoms with van der Waals surface area (Å²) in [7, 11) is -3.42. The van der Waals surface area contributed by atoms with Crippen LogP contribution in [0, 0.1) is 0 Å². The Morgan fingerprint density at radius 3 is 2.79 bits per heavy atom. The van der Waals surface area contributed by atoms with Crippen LogP contribution in [-0.4, -0.2) is 64.6 Å². The second-order valence-corrected chi connectivity index (χ2v) is 9.55. The number of hydrogen-bond donors (Lipinski definition) is 3. The molecule has 0 radical (unpaired) electrons. The highest BCUT2D eigenvalue weighted by Crippen LogP contribution is 2.18. The lowest BCUT2D eigenvalue weighted by Crippen LogP contribution is -2.46. The number of thiophene rings is 1. The first kappa shape index (κ1) is 25.6. The quantitative estimate of drug-likeness (QED) is 0.183. The van der Waals surface area contributed by atoms with Crippen molar-refractivity contribution in [2.24, 2.45) is 4.99 Å². The summed E-state index contributed by atoms with van der Waals surface area (Å²) in [4.78, 5) is 7.04. The maximum atomic E-state index is 12.1. The third-order valence-corrected chi connectivity index (χ3v) is 7.55. The summed E-state index contributed by atoms with van der Waals surface area (Å²) < 4.78 is 27.1. The smallest absolute Gasteiger partial charge is 0.250 e. The van der Waals surface area contributed by atoms with Gasteiger partial charge >= 0.3 is 0 Å². The number of guanidine groups is 1. The summed E-state index contributed by atoms with van der Waals surface area (Å²) >= 11 is 1.21. The number of hydrogen-bond acceptors (Lipinski definition) is 5. The highest BCUT2D eigenvalue weighted by molar-refractivity contribution is 14.0. The number of nitrogens with one attached hydrogen (secondary N) is 3. The summed E-state index contributed by atoms with van der Waals surface area (Å²) in [5, 5.41) is 8.33. The van der Waals surface area contributed by atoms with Gasteiger partial charge in [-0.2, -0.15) is 0 Å². The molecule has 0 amide bonds. The lowest BCUT2D eigenvalue weighted by atomic mass is 10.0. The van der Waals surface area contributed by atoms with Crippen molar-refractivity contribution in [3.8, 4) is 0 Å². The van der Waals surface area contributed by atoms with Crippen LogP contribution in [-0.2, 0) is 10.0 Å². The first-order valence-corrected chi connectivity index (χ1v) is 12.2. The zero-order valence-electron chi connectivity index (χ0n) is 16.8. The van der Waals surface area contributed by atoms with Crippen molar-refractivity contribution in [2.75, 3.05) is 39.3 Å². The maximum absolute atomic E-state index is 12.1. The lowest BCUT2D eigenvalue weighted by molar-refractivity contribution is 0.147. The van der Waals surface area contributed by atoms with Crippen LogP contribution in [0.5, 0.6) is 0 Å². The van der Waals surface area contributed by atoms with Gasteiger partial charge in [0.25, 0.3) is 0 Å². The van der Waals surface area contributed by atoms with Crippen molar-refractivity contribution in [1.82, 2.24) is 20.3 Å². The Hall–Kier alpha value is -0.430. The largest absolute Gasteiger partial charge is 0.357 e. The Kier molecular flexibility index (Phi) is 12.6. The Morgan fingerprint density at radius 2 is 2.11 bits per heavy atom.